The third kappa shape index (κ3) is 3.18. The van der Waals surface area contributed by atoms with Gasteiger partial charge in [-0.2, -0.15) is 0 Å². The van der Waals surface area contributed by atoms with Crippen LogP contribution < -0.4 is 10.5 Å². The summed E-state index contributed by atoms with van der Waals surface area (Å²) in [6.07, 6.45) is 0. The number of hydrogen-bond acceptors (Lipinski definition) is 3. The van der Waals surface area contributed by atoms with E-state index in [1.165, 1.54) is 0 Å². The van der Waals surface area contributed by atoms with Gasteiger partial charge in [-0.05, 0) is 26.0 Å². The standard InChI is InChI=1S/C14H14Cl2N2O/c1-8-5-13(11(7-17)9(2)18-8)19-14-6-10(15)3-4-12(14)16/h3-6H,7,17H2,1-2H3. The molecule has 0 aliphatic rings. The van der Waals surface area contributed by atoms with Crippen molar-refractivity contribution >= 4 is 23.2 Å². The van der Waals surface area contributed by atoms with Crippen LogP contribution in [0.5, 0.6) is 11.5 Å². The molecular formula is C14H14Cl2N2O. The Labute approximate surface area is 122 Å². The van der Waals surface area contributed by atoms with Gasteiger partial charge in [0, 0.05) is 40.7 Å². The van der Waals surface area contributed by atoms with Crippen LogP contribution >= 0.6 is 23.2 Å². The molecule has 5 heteroatoms. The number of halogens is 2. The summed E-state index contributed by atoms with van der Waals surface area (Å²) >= 11 is 12.0. The van der Waals surface area contributed by atoms with Crippen LogP contribution in [-0.2, 0) is 6.54 Å². The van der Waals surface area contributed by atoms with E-state index in [0.29, 0.717) is 28.1 Å². The average molecular weight is 297 g/mol. The molecule has 1 aromatic carbocycles. The molecule has 0 radical (unpaired) electrons. The molecule has 0 amide bonds. The Kier molecular flexibility index (Phi) is 4.30. The largest absolute Gasteiger partial charge is 0.455 e. The van der Waals surface area contributed by atoms with Crippen LogP contribution in [0.2, 0.25) is 10.0 Å². The number of aromatic nitrogens is 1. The molecule has 0 saturated carbocycles. The summed E-state index contributed by atoms with van der Waals surface area (Å²) in [5.74, 6) is 1.17. The highest BCUT2D eigenvalue weighted by Gasteiger charge is 2.11. The fourth-order valence-electron chi connectivity index (χ4n) is 1.83. The summed E-state index contributed by atoms with van der Waals surface area (Å²) < 4.78 is 5.84. The second kappa shape index (κ2) is 5.78. The highest BCUT2D eigenvalue weighted by Crippen LogP contribution is 2.34. The second-order valence-electron chi connectivity index (χ2n) is 4.21. The molecule has 0 aliphatic heterocycles. The van der Waals surface area contributed by atoms with Gasteiger partial charge in [0.1, 0.15) is 11.5 Å². The quantitative estimate of drug-likeness (QED) is 0.921. The predicted octanol–water partition coefficient (Wildman–Crippen LogP) is 4.26. The van der Waals surface area contributed by atoms with Crippen molar-refractivity contribution in [2.45, 2.75) is 20.4 Å². The Hall–Kier alpha value is -1.29. The topological polar surface area (TPSA) is 48.1 Å². The maximum atomic E-state index is 6.09. The molecule has 0 aliphatic carbocycles. The summed E-state index contributed by atoms with van der Waals surface area (Å²) in [7, 11) is 0. The highest BCUT2D eigenvalue weighted by molar-refractivity contribution is 6.34. The molecular weight excluding hydrogens is 283 g/mol. The fourth-order valence-corrected chi connectivity index (χ4v) is 2.15. The highest BCUT2D eigenvalue weighted by atomic mass is 35.5. The molecule has 0 fully saturated rings. The molecule has 0 unspecified atom stereocenters. The molecule has 0 atom stereocenters. The summed E-state index contributed by atoms with van der Waals surface area (Å²) in [5, 5.41) is 1.07. The molecule has 100 valence electrons. The van der Waals surface area contributed by atoms with Crippen LogP contribution in [0, 0.1) is 13.8 Å². The molecule has 19 heavy (non-hydrogen) atoms. The van der Waals surface area contributed by atoms with Crippen molar-refractivity contribution in [3.8, 4) is 11.5 Å². The van der Waals surface area contributed by atoms with Crippen molar-refractivity contribution < 1.29 is 4.74 Å². The van der Waals surface area contributed by atoms with Gasteiger partial charge in [-0.3, -0.25) is 4.98 Å². The SMILES string of the molecule is Cc1cc(Oc2cc(Cl)ccc2Cl)c(CN)c(C)n1. The maximum Gasteiger partial charge on any atom is 0.147 e. The van der Waals surface area contributed by atoms with Crippen LogP contribution in [0.15, 0.2) is 24.3 Å². The minimum Gasteiger partial charge on any atom is -0.455 e. The van der Waals surface area contributed by atoms with Gasteiger partial charge in [-0.1, -0.05) is 23.2 Å². The number of benzene rings is 1. The summed E-state index contributed by atoms with van der Waals surface area (Å²) in [4.78, 5) is 4.37. The van der Waals surface area contributed by atoms with Gasteiger partial charge in [0.05, 0.1) is 5.02 Å². The fraction of sp³-hybridized carbons (Fsp3) is 0.214. The van der Waals surface area contributed by atoms with Crippen LogP contribution in [-0.4, -0.2) is 4.98 Å². The Bertz CT molecular complexity index is 615. The summed E-state index contributed by atoms with van der Waals surface area (Å²) in [6.45, 7) is 4.16. The van der Waals surface area contributed by atoms with E-state index in [1.807, 2.05) is 19.9 Å². The van der Waals surface area contributed by atoms with E-state index in [1.54, 1.807) is 18.2 Å². The van der Waals surface area contributed by atoms with Gasteiger partial charge >= 0.3 is 0 Å². The lowest BCUT2D eigenvalue weighted by Crippen LogP contribution is -2.05. The maximum absolute atomic E-state index is 6.09. The van der Waals surface area contributed by atoms with Gasteiger partial charge in [0.15, 0.2) is 0 Å². The Morgan fingerprint density at radius 2 is 1.89 bits per heavy atom. The molecule has 1 heterocycles. The molecule has 0 bridgehead atoms. The first-order valence-corrected chi connectivity index (χ1v) is 6.57. The van der Waals surface area contributed by atoms with Crippen molar-refractivity contribution in [2.24, 2.45) is 5.73 Å². The number of ether oxygens (including phenoxy) is 1. The molecule has 1 aromatic heterocycles. The van der Waals surface area contributed by atoms with Crippen molar-refractivity contribution in [3.63, 3.8) is 0 Å². The van der Waals surface area contributed by atoms with Gasteiger partial charge < -0.3 is 10.5 Å². The number of rotatable bonds is 3. The first-order valence-electron chi connectivity index (χ1n) is 5.81. The number of nitrogens with zero attached hydrogens (tertiary/aromatic N) is 1. The van der Waals surface area contributed by atoms with E-state index in [2.05, 4.69) is 4.98 Å². The molecule has 0 saturated heterocycles. The first-order chi connectivity index (χ1) is 9.01. The zero-order valence-corrected chi connectivity index (χ0v) is 12.2. The third-order valence-electron chi connectivity index (χ3n) is 2.74. The monoisotopic (exact) mass is 296 g/mol. The molecule has 3 nitrogen and oxygen atoms in total. The van der Waals surface area contributed by atoms with Gasteiger partial charge in [0.2, 0.25) is 0 Å². The normalized spacial score (nSPS) is 10.6. The van der Waals surface area contributed by atoms with Crippen molar-refractivity contribution in [1.29, 1.82) is 0 Å². The number of nitrogens with two attached hydrogens (primary N) is 1. The lowest BCUT2D eigenvalue weighted by molar-refractivity contribution is 0.474. The van der Waals surface area contributed by atoms with E-state index in [9.17, 15) is 0 Å². The van der Waals surface area contributed by atoms with Gasteiger partial charge in [-0.25, -0.2) is 0 Å². The smallest absolute Gasteiger partial charge is 0.147 e. The summed E-state index contributed by atoms with van der Waals surface area (Å²) in [6, 6.07) is 6.92. The average Bonchev–Trinajstić information content (AvgIpc) is 2.33. The molecule has 2 rings (SSSR count). The molecule has 0 spiro atoms. The zero-order chi connectivity index (χ0) is 14.0. The van der Waals surface area contributed by atoms with Crippen molar-refractivity contribution in [2.75, 3.05) is 0 Å². The van der Waals surface area contributed by atoms with Gasteiger partial charge in [0.25, 0.3) is 0 Å². The first kappa shape index (κ1) is 14.1. The van der Waals surface area contributed by atoms with Crippen LogP contribution in [0.1, 0.15) is 17.0 Å². The van der Waals surface area contributed by atoms with Crippen molar-refractivity contribution in [3.05, 3.63) is 51.3 Å². The van der Waals surface area contributed by atoms with E-state index in [0.717, 1.165) is 17.0 Å². The van der Waals surface area contributed by atoms with E-state index < -0.39 is 0 Å². The summed E-state index contributed by atoms with van der Waals surface area (Å²) in [5.41, 5.74) is 8.33. The van der Waals surface area contributed by atoms with Crippen molar-refractivity contribution in [1.82, 2.24) is 4.98 Å². The Morgan fingerprint density at radius 3 is 2.58 bits per heavy atom. The third-order valence-corrected chi connectivity index (χ3v) is 3.28. The van der Waals surface area contributed by atoms with E-state index in [-0.39, 0.29) is 0 Å². The minimum atomic E-state index is 0.354. The predicted molar refractivity (Wildman–Crippen MR) is 78.1 cm³/mol. The zero-order valence-electron chi connectivity index (χ0n) is 10.7. The van der Waals surface area contributed by atoms with Crippen LogP contribution in [0.3, 0.4) is 0 Å². The van der Waals surface area contributed by atoms with Crippen LogP contribution in [0.4, 0.5) is 0 Å². The Morgan fingerprint density at radius 1 is 1.16 bits per heavy atom. The minimum absolute atomic E-state index is 0.354. The van der Waals surface area contributed by atoms with Gasteiger partial charge in [-0.15, -0.1) is 0 Å². The van der Waals surface area contributed by atoms with Crippen LogP contribution in [0.25, 0.3) is 0 Å². The molecule has 2 aromatic rings. The lowest BCUT2D eigenvalue weighted by atomic mass is 10.1. The molecule has 2 N–H and O–H groups in total. The number of aryl methyl sites for hydroxylation is 2. The van der Waals surface area contributed by atoms with E-state index in [4.69, 9.17) is 33.7 Å². The number of pyridine rings is 1. The van der Waals surface area contributed by atoms with E-state index >= 15 is 0 Å². The second-order valence-corrected chi connectivity index (χ2v) is 5.05. The lowest BCUT2D eigenvalue weighted by Gasteiger charge is -2.14. The Balaban J connectivity index is 2.45. The number of hydrogen-bond donors (Lipinski definition) is 1.